The van der Waals surface area contributed by atoms with Crippen LogP contribution in [-0.4, -0.2) is 26.2 Å². The number of nitrogens with one attached hydrogen (secondary N) is 1. The number of benzene rings is 1. The Morgan fingerprint density at radius 2 is 2.13 bits per heavy atom. The van der Waals surface area contributed by atoms with Gasteiger partial charge in [0.15, 0.2) is 0 Å². The molecule has 0 bridgehead atoms. The number of hydrogen-bond donors (Lipinski definition) is 1. The lowest BCUT2D eigenvalue weighted by Crippen LogP contribution is -2.28. The molecular weight excluding hydrogens is 275 g/mol. The molecule has 2 rings (SSSR count). The van der Waals surface area contributed by atoms with Gasteiger partial charge in [-0.15, -0.1) is 0 Å². The smallest absolute Gasteiger partial charge is 0.0595 e. The summed E-state index contributed by atoms with van der Waals surface area (Å²) >= 11 is 9.63. The molecule has 0 amide bonds. The van der Waals surface area contributed by atoms with Crippen LogP contribution < -0.4 is 10.2 Å². The van der Waals surface area contributed by atoms with E-state index in [1.165, 1.54) is 12.1 Å². The maximum atomic E-state index is 6.08. The Balaban J connectivity index is 2.23. The first-order valence-corrected chi connectivity index (χ1v) is 6.36. The van der Waals surface area contributed by atoms with Crippen LogP contribution in [0.3, 0.4) is 0 Å². The lowest BCUT2D eigenvalue weighted by molar-refractivity contribution is 0.724. The van der Waals surface area contributed by atoms with E-state index in [0.29, 0.717) is 0 Å². The highest BCUT2D eigenvalue weighted by atomic mass is 79.9. The summed E-state index contributed by atoms with van der Waals surface area (Å²) in [5.41, 5.74) is 1.20. The third-order valence-electron chi connectivity index (χ3n) is 2.61. The summed E-state index contributed by atoms with van der Waals surface area (Å²) in [7, 11) is 0. The molecule has 1 heterocycles. The Morgan fingerprint density at radius 3 is 3.00 bits per heavy atom. The molecule has 1 aromatic carbocycles. The lowest BCUT2D eigenvalue weighted by Gasteiger charge is -2.23. The van der Waals surface area contributed by atoms with E-state index < -0.39 is 0 Å². The summed E-state index contributed by atoms with van der Waals surface area (Å²) in [5, 5.41) is 4.17. The second-order valence-electron chi connectivity index (χ2n) is 3.66. The van der Waals surface area contributed by atoms with Gasteiger partial charge in [-0.2, -0.15) is 0 Å². The number of nitrogens with zero attached hydrogens (tertiary/aromatic N) is 1. The van der Waals surface area contributed by atoms with Crippen molar-refractivity contribution >= 4 is 33.2 Å². The monoisotopic (exact) mass is 288 g/mol. The standard InChI is InChI=1S/C11H14BrClN2/c12-11-9(13)3-1-4-10(11)15-7-2-5-14-6-8-15/h1,3-4,14H,2,5-8H2. The highest BCUT2D eigenvalue weighted by molar-refractivity contribution is 9.10. The highest BCUT2D eigenvalue weighted by Gasteiger charge is 2.13. The van der Waals surface area contributed by atoms with Crippen LogP contribution in [0.4, 0.5) is 5.69 Å². The van der Waals surface area contributed by atoms with E-state index in [1.54, 1.807) is 0 Å². The Morgan fingerprint density at radius 1 is 1.27 bits per heavy atom. The first-order chi connectivity index (χ1) is 7.29. The van der Waals surface area contributed by atoms with Crippen LogP contribution in [0.2, 0.25) is 5.02 Å². The average molecular weight is 290 g/mol. The quantitative estimate of drug-likeness (QED) is 0.855. The minimum atomic E-state index is 0.782. The number of halogens is 2. The van der Waals surface area contributed by atoms with Gasteiger partial charge in [0.25, 0.3) is 0 Å². The molecule has 15 heavy (non-hydrogen) atoms. The van der Waals surface area contributed by atoms with Crippen molar-refractivity contribution in [2.24, 2.45) is 0 Å². The molecule has 1 aliphatic heterocycles. The molecule has 0 aliphatic carbocycles. The maximum absolute atomic E-state index is 6.08. The van der Waals surface area contributed by atoms with Gasteiger partial charge in [0.05, 0.1) is 15.2 Å². The molecule has 2 nitrogen and oxygen atoms in total. The Hall–Kier alpha value is -0.250. The van der Waals surface area contributed by atoms with Crippen molar-refractivity contribution in [2.45, 2.75) is 6.42 Å². The molecule has 0 radical (unpaired) electrons. The van der Waals surface area contributed by atoms with Gasteiger partial charge in [-0.3, -0.25) is 0 Å². The molecule has 0 saturated carbocycles. The van der Waals surface area contributed by atoms with Gasteiger partial charge in [-0.05, 0) is 41.0 Å². The molecular formula is C11H14BrClN2. The summed E-state index contributed by atoms with van der Waals surface area (Å²) < 4.78 is 1.01. The molecule has 1 aliphatic rings. The second kappa shape index (κ2) is 5.19. The summed E-state index contributed by atoms with van der Waals surface area (Å²) in [4.78, 5) is 2.37. The van der Waals surface area contributed by atoms with Crippen molar-refractivity contribution < 1.29 is 0 Å². The van der Waals surface area contributed by atoms with E-state index in [9.17, 15) is 0 Å². The number of anilines is 1. The average Bonchev–Trinajstić information content (AvgIpc) is 2.50. The van der Waals surface area contributed by atoms with Gasteiger partial charge in [-0.25, -0.2) is 0 Å². The first-order valence-electron chi connectivity index (χ1n) is 5.19. The minimum absolute atomic E-state index is 0.782. The summed E-state index contributed by atoms with van der Waals surface area (Å²) in [6.07, 6.45) is 1.18. The Kier molecular flexibility index (Phi) is 3.89. The van der Waals surface area contributed by atoms with Crippen LogP contribution in [0.15, 0.2) is 22.7 Å². The Bertz CT molecular complexity index is 335. The fourth-order valence-corrected chi connectivity index (χ4v) is 2.51. The minimum Gasteiger partial charge on any atom is -0.369 e. The van der Waals surface area contributed by atoms with Crippen molar-refractivity contribution in [3.05, 3.63) is 27.7 Å². The van der Waals surface area contributed by atoms with E-state index in [2.05, 4.69) is 32.2 Å². The number of hydrogen-bond acceptors (Lipinski definition) is 2. The maximum Gasteiger partial charge on any atom is 0.0595 e. The summed E-state index contributed by atoms with van der Waals surface area (Å²) in [6, 6.07) is 6.02. The molecule has 0 unspecified atom stereocenters. The van der Waals surface area contributed by atoms with Crippen LogP contribution in [-0.2, 0) is 0 Å². The molecule has 0 atom stereocenters. The third kappa shape index (κ3) is 2.65. The van der Waals surface area contributed by atoms with Gasteiger partial charge >= 0.3 is 0 Å². The van der Waals surface area contributed by atoms with Crippen molar-refractivity contribution in [2.75, 3.05) is 31.1 Å². The van der Waals surface area contributed by atoms with Gasteiger partial charge < -0.3 is 10.2 Å². The van der Waals surface area contributed by atoms with Crippen molar-refractivity contribution in [1.29, 1.82) is 0 Å². The molecule has 1 aromatic rings. The SMILES string of the molecule is Clc1cccc(N2CCCNCC2)c1Br. The van der Waals surface area contributed by atoms with Crippen LogP contribution in [0.5, 0.6) is 0 Å². The van der Waals surface area contributed by atoms with Gasteiger partial charge in [0.2, 0.25) is 0 Å². The topological polar surface area (TPSA) is 15.3 Å². The van der Waals surface area contributed by atoms with E-state index in [1.807, 2.05) is 12.1 Å². The fourth-order valence-electron chi connectivity index (χ4n) is 1.82. The van der Waals surface area contributed by atoms with Crippen LogP contribution in [0, 0.1) is 0 Å². The van der Waals surface area contributed by atoms with Gasteiger partial charge in [0.1, 0.15) is 0 Å². The van der Waals surface area contributed by atoms with Crippen molar-refractivity contribution in [1.82, 2.24) is 5.32 Å². The summed E-state index contributed by atoms with van der Waals surface area (Å²) in [5.74, 6) is 0. The highest BCUT2D eigenvalue weighted by Crippen LogP contribution is 2.32. The largest absolute Gasteiger partial charge is 0.369 e. The van der Waals surface area contributed by atoms with Crippen molar-refractivity contribution in [3.8, 4) is 0 Å². The van der Waals surface area contributed by atoms with E-state index in [0.717, 1.165) is 35.7 Å². The van der Waals surface area contributed by atoms with Crippen LogP contribution in [0.25, 0.3) is 0 Å². The van der Waals surface area contributed by atoms with E-state index >= 15 is 0 Å². The van der Waals surface area contributed by atoms with Crippen LogP contribution in [0.1, 0.15) is 6.42 Å². The normalized spacial score (nSPS) is 17.6. The van der Waals surface area contributed by atoms with Gasteiger partial charge in [-0.1, -0.05) is 17.7 Å². The Labute approximate surface area is 104 Å². The molecule has 82 valence electrons. The van der Waals surface area contributed by atoms with E-state index in [-0.39, 0.29) is 0 Å². The van der Waals surface area contributed by atoms with E-state index in [4.69, 9.17) is 11.6 Å². The van der Waals surface area contributed by atoms with Gasteiger partial charge in [0, 0.05) is 19.6 Å². The predicted octanol–water partition coefficient (Wildman–Crippen LogP) is 2.90. The molecule has 0 spiro atoms. The summed E-state index contributed by atoms with van der Waals surface area (Å²) in [6.45, 7) is 4.28. The zero-order valence-corrected chi connectivity index (χ0v) is 10.8. The zero-order chi connectivity index (χ0) is 10.7. The molecule has 1 N–H and O–H groups in total. The second-order valence-corrected chi connectivity index (χ2v) is 4.86. The molecule has 4 heteroatoms. The third-order valence-corrected chi connectivity index (χ3v) is 3.99. The van der Waals surface area contributed by atoms with Crippen LogP contribution >= 0.6 is 27.5 Å². The first kappa shape index (κ1) is 11.2. The molecule has 0 aromatic heterocycles. The molecule has 1 fully saturated rings. The van der Waals surface area contributed by atoms with Crippen molar-refractivity contribution in [3.63, 3.8) is 0 Å². The predicted molar refractivity (Wildman–Crippen MR) is 68.9 cm³/mol. The zero-order valence-electron chi connectivity index (χ0n) is 8.47. The fraction of sp³-hybridized carbons (Fsp3) is 0.455. The lowest BCUT2D eigenvalue weighted by atomic mass is 10.2. The molecule has 1 saturated heterocycles. The number of rotatable bonds is 1.